The fourth-order valence-corrected chi connectivity index (χ4v) is 489. The van der Waals surface area contributed by atoms with Crippen molar-refractivity contribution in [2.45, 2.75) is 62.8 Å². The van der Waals surface area contributed by atoms with Crippen LogP contribution in [0.4, 0.5) is 0 Å². The van der Waals surface area contributed by atoms with Crippen LogP contribution in [0.2, 0.25) is 9.45 Å². The van der Waals surface area contributed by atoms with Gasteiger partial charge >= 0.3 is 178 Å². The Morgan fingerprint density at radius 3 is 2.04 bits per heavy atom. The standard InChI is InChI=1S/2C3H7NO.2C3H7.2ClH.6Ti/c2*1-2-3(4)5;2*1-3-2;;;;;;;;/h2*2H2,1H3,(H2,4,5);2*1,3H2,2H3;2*1H;;;;;;/q;;;;;;;;;;+1;+3/p-4. The molecule has 1 saturated heterocycles. The molecule has 1 rings (SSSR count). The molecule has 0 aliphatic carbocycles. The van der Waals surface area contributed by atoms with Gasteiger partial charge in [-0.25, -0.2) is 0 Å². The predicted molar refractivity (Wildman–Crippen MR) is 78.8 cm³/mol. The molecular formula is C12H26Cl2N2O2Ti6. The van der Waals surface area contributed by atoms with E-state index in [2.05, 4.69) is 21.4 Å². The van der Waals surface area contributed by atoms with E-state index in [1.807, 2.05) is 13.8 Å². The Morgan fingerprint density at radius 1 is 1.04 bits per heavy atom. The Morgan fingerprint density at radius 2 is 1.58 bits per heavy atom. The van der Waals surface area contributed by atoms with Crippen molar-refractivity contribution < 1.29 is 76.7 Å². The number of hydrogen-bond donors (Lipinski definition) is 2. The molecule has 0 saturated carbocycles. The normalized spacial score (nSPS) is 21.9. The van der Waals surface area contributed by atoms with Gasteiger partial charge in [0, 0.05) is 0 Å². The third-order valence-corrected chi connectivity index (χ3v) is 210. The Bertz CT molecular complexity index is 476. The molecule has 1 heterocycles. The zero-order valence-electron chi connectivity index (χ0n) is 14.8. The van der Waals surface area contributed by atoms with Gasteiger partial charge in [0.25, 0.3) is 0 Å². The number of nitrogens with one attached hydrogen (secondary N) is 2. The maximum atomic E-state index is 12.2. The first-order chi connectivity index (χ1) is 11.1. The Hall–Kier alpha value is 3.81. The van der Waals surface area contributed by atoms with E-state index in [0.717, 1.165) is 0 Å². The summed E-state index contributed by atoms with van der Waals surface area (Å²) in [7, 11) is 8.79. The zero-order valence-corrected chi connectivity index (χ0v) is 25.7. The zero-order chi connectivity index (χ0) is 18.5. The van der Waals surface area contributed by atoms with Crippen molar-refractivity contribution in [3.63, 3.8) is 0 Å². The number of carbonyl (C=O) groups excluding carboxylic acids is 2. The predicted octanol–water partition coefficient (Wildman–Crippen LogP) is 4.05. The summed E-state index contributed by atoms with van der Waals surface area (Å²) in [5, 5.41) is 0. The topological polar surface area (TPSA) is 58.2 Å². The van der Waals surface area contributed by atoms with Gasteiger partial charge < -0.3 is 0 Å². The second-order valence-corrected chi connectivity index (χ2v) is 104. The first kappa shape index (κ1) is 25.8. The number of amides is 2. The first-order valence-electron chi connectivity index (χ1n) is 8.53. The molecular weight excluding hydrogens is 562 g/mol. The monoisotopic (exact) mass is 588 g/mol. The SMILES string of the molecule is CC[CH2][Ti]1([CH2]CC)[Ti][Ti]([NH]C(=O)CC)[Ti][Ti]([Cl])([Cl])([NH]C(=O)CC)[Ti]1. The molecule has 12 heteroatoms. The molecule has 0 aromatic rings. The number of halogens is 2. The molecule has 134 valence electrons. The number of rotatable bonds is 8. The molecule has 24 heavy (non-hydrogen) atoms. The molecule has 0 atom stereocenters. The van der Waals surface area contributed by atoms with Gasteiger partial charge in [-0.05, 0) is 0 Å². The van der Waals surface area contributed by atoms with Crippen LogP contribution in [-0.2, 0) is 76.7 Å². The van der Waals surface area contributed by atoms with Gasteiger partial charge in [-0.2, -0.15) is 0 Å². The molecule has 1 aliphatic rings. The molecule has 0 unspecified atom stereocenters. The summed E-state index contributed by atoms with van der Waals surface area (Å²) >= 11 is -2.48. The quantitative estimate of drug-likeness (QED) is 0.421. The van der Waals surface area contributed by atoms with E-state index in [0.29, 0.717) is 12.8 Å². The molecule has 4 nitrogen and oxygen atoms in total. The van der Waals surface area contributed by atoms with Crippen molar-refractivity contribution in [3.8, 4) is 0 Å². The van der Waals surface area contributed by atoms with Gasteiger partial charge in [0.1, 0.15) is 0 Å². The molecule has 0 spiro atoms. The van der Waals surface area contributed by atoms with Crippen molar-refractivity contribution in [1.29, 1.82) is 0 Å². The van der Waals surface area contributed by atoms with Crippen LogP contribution < -0.4 is 7.60 Å². The van der Waals surface area contributed by atoms with Gasteiger partial charge in [0.2, 0.25) is 0 Å². The molecule has 1 fully saturated rings. The van der Waals surface area contributed by atoms with E-state index >= 15 is 0 Å². The van der Waals surface area contributed by atoms with Crippen LogP contribution in [0.15, 0.2) is 0 Å². The molecule has 0 radical (unpaired) electrons. The van der Waals surface area contributed by atoms with Gasteiger partial charge in [-0.15, -0.1) is 0 Å². The van der Waals surface area contributed by atoms with Crippen molar-refractivity contribution >= 4 is 30.4 Å². The first-order valence-corrected chi connectivity index (χ1v) is 40.6. The molecule has 1 aliphatic heterocycles. The van der Waals surface area contributed by atoms with Crippen molar-refractivity contribution in [1.82, 2.24) is 7.60 Å². The van der Waals surface area contributed by atoms with E-state index in [1.54, 1.807) is 0 Å². The summed E-state index contributed by atoms with van der Waals surface area (Å²) in [5.74, 6) is 0.253. The second-order valence-electron chi connectivity index (χ2n) is 6.15. The van der Waals surface area contributed by atoms with Crippen LogP contribution in [0, 0.1) is 0 Å². The molecule has 0 aromatic heterocycles. The van der Waals surface area contributed by atoms with Gasteiger partial charge in [0.05, 0.1) is 0 Å². The average molecular weight is 588 g/mol. The molecule has 2 N–H and O–H groups in total. The second kappa shape index (κ2) is 11.3. The van der Waals surface area contributed by atoms with Crippen LogP contribution in [0.5, 0.6) is 0 Å². The molecule has 2 amide bonds. The maximum absolute atomic E-state index is 12.2. The van der Waals surface area contributed by atoms with Crippen LogP contribution in [0.1, 0.15) is 53.4 Å². The average Bonchev–Trinajstić information content (AvgIpc) is 2.45. The fourth-order valence-electron chi connectivity index (χ4n) is 2.89. The van der Waals surface area contributed by atoms with Crippen molar-refractivity contribution in [3.05, 3.63) is 0 Å². The van der Waals surface area contributed by atoms with E-state index in [9.17, 15) is 9.59 Å². The van der Waals surface area contributed by atoms with Crippen molar-refractivity contribution in [2.75, 3.05) is 0 Å². The van der Waals surface area contributed by atoms with Crippen molar-refractivity contribution in [2.24, 2.45) is 0 Å². The van der Waals surface area contributed by atoms with Gasteiger partial charge in [-0.1, -0.05) is 0 Å². The Balaban J connectivity index is 3.18. The minimum absolute atomic E-state index is 0.0204. The van der Waals surface area contributed by atoms with E-state index in [4.69, 9.17) is 18.6 Å². The van der Waals surface area contributed by atoms with Gasteiger partial charge in [0.15, 0.2) is 0 Å². The summed E-state index contributed by atoms with van der Waals surface area (Å²) in [6.07, 6.45) is 3.49. The molecule has 0 bridgehead atoms. The van der Waals surface area contributed by atoms with E-state index in [-0.39, 0.29) is 37.3 Å². The van der Waals surface area contributed by atoms with Crippen LogP contribution in [0.3, 0.4) is 0 Å². The summed E-state index contributed by atoms with van der Waals surface area (Å²) in [4.78, 5) is 24.2. The van der Waals surface area contributed by atoms with E-state index < -0.39 is 41.7 Å². The van der Waals surface area contributed by atoms with Crippen LogP contribution in [0.25, 0.3) is 0 Å². The Labute approximate surface area is 173 Å². The fraction of sp³-hybridized carbons (Fsp3) is 0.833. The van der Waals surface area contributed by atoms with Crippen LogP contribution in [-0.4, -0.2) is 11.8 Å². The number of carbonyl (C=O) groups is 2. The summed E-state index contributed by atoms with van der Waals surface area (Å²) < 4.78 is 9.49. The summed E-state index contributed by atoms with van der Waals surface area (Å²) in [6, 6.07) is 0. The molecule has 0 aromatic carbocycles. The van der Waals surface area contributed by atoms with E-state index in [1.165, 1.54) is 22.3 Å². The van der Waals surface area contributed by atoms with Crippen LogP contribution >= 0.6 is 18.6 Å². The summed E-state index contributed by atoms with van der Waals surface area (Å²) in [6.45, 7) is 8.36. The minimum atomic E-state index is -3.79. The Kier molecular flexibility index (Phi) is 12.1. The third kappa shape index (κ3) is 8.27. The van der Waals surface area contributed by atoms with Gasteiger partial charge in [-0.3, -0.25) is 0 Å². The summed E-state index contributed by atoms with van der Waals surface area (Å²) in [5.41, 5.74) is 0. The third-order valence-electron chi connectivity index (χ3n) is 3.79. The number of hydrogen-bond acceptors (Lipinski definition) is 2.